The van der Waals surface area contributed by atoms with Gasteiger partial charge in [0, 0.05) is 7.11 Å². The van der Waals surface area contributed by atoms with Crippen LogP contribution in [0, 0.1) is 0 Å². The Hall–Kier alpha value is 1.26. The zero-order valence-corrected chi connectivity index (χ0v) is 11.2. The number of rotatable bonds is 4. The fourth-order valence-corrected chi connectivity index (χ4v) is 6.84. The molecule has 0 aromatic carbocycles. The molecule has 0 atom stereocenters. The summed E-state index contributed by atoms with van der Waals surface area (Å²) in [4.78, 5) is 0. The van der Waals surface area contributed by atoms with Gasteiger partial charge < -0.3 is 4.43 Å². The van der Waals surface area contributed by atoms with Gasteiger partial charge in [0.1, 0.15) is 0 Å². The van der Waals surface area contributed by atoms with Crippen LogP contribution in [0.25, 0.3) is 0 Å². The average molecular weight is 252 g/mol. The number of halogens is 3. The molecule has 0 aliphatic heterocycles. The van der Waals surface area contributed by atoms with Crippen molar-refractivity contribution < 1.29 is 4.43 Å². The van der Waals surface area contributed by atoms with Gasteiger partial charge in [-0.25, -0.2) is 0 Å². The standard InChI is InChI=1S/C5H13Cl3OSi2/c1-9-10(2,3)4-5-11(6,7)8/h4-5H2,1-3H3. The molecular formula is C5H13Cl3OSi2. The summed E-state index contributed by atoms with van der Waals surface area (Å²) >= 11 is 17.2. The molecule has 0 spiro atoms. The third kappa shape index (κ3) is 7.62. The summed E-state index contributed by atoms with van der Waals surface area (Å²) in [6, 6.07) is -0.762. The first kappa shape index (κ1) is 12.3. The van der Waals surface area contributed by atoms with Gasteiger partial charge >= 0.3 is 6.00 Å². The van der Waals surface area contributed by atoms with E-state index in [9.17, 15) is 0 Å². The van der Waals surface area contributed by atoms with Gasteiger partial charge in [-0.2, -0.15) is 0 Å². The largest absolute Gasteiger partial charge is 0.420 e. The maximum absolute atomic E-state index is 5.73. The van der Waals surface area contributed by atoms with Gasteiger partial charge in [0.05, 0.1) is 0 Å². The van der Waals surface area contributed by atoms with Crippen molar-refractivity contribution in [2.24, 2.45) is 0 Å². The second kappa shape index (κ2) is 4.49. The van der Waals surface area contributed by atoms with E-state index in [0.717, 1.165) is 6.04 Å². The van der Waals surface area contributed by atoms with E-state index in [1.54, 1.807) is 7.11 Å². The average Bonchev–Trinajstić information content (AvgIpc) is 1.83. The molecule has 0 aromatic rings. The number of hydrogen-bond donors (Lipinski definition) is 0. The van der Waals surface area contributed by atoms with Crippen molar-refractivity contribution in [3.05, 3.63) is 0 Å². The molecule has 0 saturated heterocycles. The van der Waals surface area contributed by atoms with Crippen LogP contribution in [0.15, 0.2) is 0 Å². The van der Waals surface area contributed by atoms with E-state index in [1.165, 1.54) is 0 Å². The lowest BCUT2D eigenvalue weighted by molar-refractivity contribution is 0.405. The van der Waals surface area contributed by atoms with E-state index < -0.39 is 14.3 Å². The van der Waals surface area contributed by atoms with Crippen LogP contribution in [-0.4, -0.2) is 21.4 Å². The summed E-state index contributed by atoms with van der Waals surface area (Å²) in [5.74, 6) is 0. The molecule has 0 aliphatic rings. The highest BCUT2D eigenvalue weighted by atomic mass is 35.8. The first-order chi connectivity index (χ1) is 4.77. The van der Waals surface area contributed by atoms with E-state index in [4.69, 9.17) is 37.7 Å². The molecule has 0 heterocycles. The molecule has 0 amide bonds. The highest BCUT2D eigenvalue weighted by Crippen LogP contribution is 2.29. The maximum atomic E-state index is 5.73. The van der Waals surface area contributed by atoms with Gasteiger partial charge in [0.2, 0.25) is 0 Å². The Morgan fingerprint density at radius 2 is 1.55 bits per heavy atom. The summed E-state index contributed by atoms with van der Waals surface area (Å²) in [6.45, 7) is 4.25. The smallest absolute Gasteiger partial charge is 0.341 e. The third-order valence-corrected chi connectivity index (χ3v) is 7.14. The van der Waals surface area contributed by atoms with Crippen molar-refractivity contribution >= 4 is 47.6 Å². The van der Waals surface area contributed by atoms with Crippen molar-refractivity contribution in [2.45, 2.75) is 25.2 Å². The fraction of sp³-hybridized carbons (Fsp3) is 1.00. The van der Waals surface area contributed by atoms with Crippen LogP contribution >= 0.6 is 33.2 Å². The van der Waals surface area contributed by atoms with Gasteiger partial charge in [-0.3, -0.25) is 0 Å². The maximum Gasteiger partial charge on any atom is 0.341 e. The highest BCUT2D eigenvalue weighted by Gasteiger charge is 2.30. The zero-order valence-electron chi connectivity index (χ0n) is 6.96. The summed E-state index contributed by atoms with van der Waals surface area (Å²) < 4.78 is 5.32. The minimum atomic E-state index is -2.41. The van der Waals surface area contributed by atoms with Crippen LogP contribution < -0.4 is 0 Å². The summed E-state index contributed by atoms with van der Waals surface area (Å²) in [5.41, 5.74) is 0. The van der Waals surface area contributed by atoms with Crippen molar-refractivity contribution in [3.8, 4) is 0 Å². The SMILES string of the molecule is CO[Si](C)(C)CC[Si](Cl)(Cl)Cl. The van der Waals surface area contributed by atoms with Gasteiger partial charge in [0.15, 0.2) is 8.32 Å². The first-order valence-corrected chi connectivity index (χ1v) is 11.7. The van der Waals surface area contributed by atoms with Crippen LogP contribution in [0.2, 0.25) is 25.2 Å². The lowest BCUT2D eigenvalue weighted by atomic mass is 10.9. The molecule has 11 heavy (non-hydrogen) atoms. The quantitative estimate of drug-likeness (QED) is 0.549. The molecule has 1 nitrogen and oxygen atoms in total. The third-order valence-electron chi connectivity index (χ3n) is 1.56. The normalized spacial score (nSPS) is 13.6. The summed E-state index contributed by atoms with van der Waals surface area (Å²) in [6.07, 6.45) is 0. The minimum Gasteiger partial charge on any atom is -0.420 e. The number of hydrogen-bond acceptors (Lipinski definition) is 1. The second-order valence-electron chi connectivity index (χ2n) is 3.08. The van der Waals surface area contributed by atoms with E-state index in [1.807, 2.05) is 0 Å². The van der Waals surface area contributed by atoms with Crippen LogP contribution in [0.4, 0.5) is 0 Å². The van der Waals surface area contributed by atoms with Crippen molar-refractivity contribution in [2.75, 3.05) is 7.11 Å². The van der Waals surface area contributed by atoms with Gasteiger partial charge in [-0.15, -0.1) is 33.2 Å². The van der Waals surface area contributed by atoms with Gasteiger partial charge in [0.25, 0.3) is 0 Å². The Bertz CT molecular complexity index is 123. The van der Waals surface area contributed by atoms with E-state index in [0.29, 0.717) is 6.04 Å². The summed E-state index contributed by atoms with van der Waals surface area (Å²) in [7, 11) is 0.223. The lowest BCUT2D eigenvalue weighted by Gasteiger charge is -2.20. The van der Waals surface area contributed by atoms with Crippen molar-refractivity contribution in [1.82, 2.24) is 0 Å². The highest BCUT2D eigenvalue weighted by molar-refractivity contribution is 7.64. The Kier molecular flexibility index (Phi) is 5.00. The molecule has 6 heteroatoms. The van der Waals surface area contributed by atoms with E-state index in [-0.39, 0.29) is 0 Å². The Labute approximate surface area is 84.2 Å². The van der Waals surface area contributed by atoms with Crippen LogP contribution in [-0.2, 0) is 4.43 Å². The molecule has 0 aliphatic carbocycles. The predicted molar refractivity (Wildman–Crippen MR) is 57.4 cm³/mol. The first-order valence-electron chi connectivity index (χ1n) is 3.39. The predicted octanol–water partition coefficient (Wildman–Crippen LogP) is 3.49. The Morgan fingerprint density at radius 1 is 1.09 bits per heavy atom. The fourth-order valence-electron chi connectivity index (χ4n) is 0.545. The molecule has 0 N–H and O–H groups in total. The van der Waals surface area contributed by atoms with Gasteiger partial charge in [-0.1, -0.05) is 0 Å². The molecule has 0 unspecified atom stereocenters. The second-order valence-corrected chi connectivity index (χ2v) is 16.8. The van der Waals surface area contributed by atoms with Crippen LogP contribution in [0.1, 0.15) is 0 Å². The van der Waals surface area contributed by atoms with Gasteiger partial charge in [-0.05, 0) is 25.2 Å². The van der Waals surface area contributed by atoms with E-state index >= 15 is 0 Å². The van der Waals surface area contributed by atoms with Crippen molar-refractivity contribution in [1.29, 1.82) is 0 Å². The minimum absolute atomic E-state index is 0.713. The Morgan fingerprint density at radius 3 is 1.82 bits per heavy atom. The molecule has 0 saturated carbocycles. The topological polar surface area (TPSA) is 9.23 Å². The monoisotopic (exact) mass is 250 g/mol. The molecule has 68 valence electrons. The van der Waals surface area contributed by atoms with E-state index in [2.05, 4.69) is 13.1 Å². The zero-order chi connectivity index (χ0) is 9.12. The molecule has 0 fully saturated rings. The molecule has 0 rings (SSSR count). The lowest BCUT2D eigenvalue weighted by Crippen LogP contribution is -2.30. The Balaban J connectivity index is 3.70. The van der Waals surface area contributed by atoms with Crippen LogP contribution in [0.5, 0.6) is 0 Å². The van der Waals surface area contributed by atoms with Crippen molar-refractivity contribution in [3.63, 3.8) is 0 Å². The molecule has 0 bridgehead atoms. The molecular weight excluding hydrogens is 239 g/mol. The summed E-state index contributed by atoms with van der Waals surface area (Å²) in [5, 5.41) is 0. The molecule has 0 radical (unpaired) electrons. The van der Waals surface area contributed by atoms with Crippen LogP contribution in [0.3, 0.4) is 0 Å². The molecule has 0 aromatic heterocycles.